The number of rotatable bonds is 9. The summed E-state index contributed by atoms with van der Waals surface area (Å²) in [5.41, 5.74) is 0.0505. The topological polar surface area (TPSA) is 151 Å². The molecule has 1 fully saturated rings. The minimum absolute atomic E-state index is 0.0253. The number of hydrogen-bond acceptors (Lipinski definition) is 7. The Morgan fingerprint density at radius 1 is 0.800 bits per heavy atom. The number of carboxylic acids is 2. The number of esters is 2. The van der Waals surface area contributed by atoms with Crippen LogP contribution in [0.5, 0.6) is 0 Å². The van der Waals surface area contributed by atoms with Crippen LogP contribution in [0.15, 0.2) is 60.7 Å². The molecule has 2 aromatic carbocycles. The van der Waals surface area contributed by atoms with E-state index in [0.717, 1.165) is 18.8 Å². The van der Waals surface area contributed by atoms with Crippen LogP contribution in [0.3, 0.4) is 0 Å². The number of nitriles is 1. The molecule has 1 aliphatic rings. The van der Waals surface area contributed by atoms with Crippen molar-refractivity contribution in [3.63, 3.8) is 0 Å². The molecule has 0 aromatic heterocycles. The summed E-state index contributed by atoms with van der Waals surface area (Å²) in [4.78, 5) is 46.8. The Hall–Kier alpha value is -4.19. The third kappa shape index (κ3) is 8.93. The molecule has 0 heterocycles. The highest BCUT2D eigenvalue weighted by Crippen LogP contribution is 2.28. The van der Waals surface area contributed by atoms with E-state index in [0.29, 0.717) is 0 Å². The van der Waals surface area contributed by atoms with Gasteiger partial charge in [-0.25, -0.2) is 19.2 Å². The second kappa shape index (κ2) is 14.2. The van der Waals surface area contributed by atoms with Gasteiger partial charge in [0.05, 0.1) is 17.2 Å². The van der Waals surface area contributed by atoms with Gasteiger partial charge in [-0.2, -0.15) is 5.26 Å². The summed E-state index contributed by atoms with van der Waals surface area (Å²) >= 11 is 0. The van der Waals surface area contributed by atoms with Gasteiger partial charge in [-0.1, -0.05) is 62.1 Å². The summed E-state index contributed by atoms with van der Waals surface area (Å²) in [5, 5.41) is 26.8. The fraction of sp³-hybridized carbons (Fsp3) is 0.346. The lowest BCUT2D eigenvalue weighted by Gasteiger charge is -2.21. The first kappa shape index (κ1) is 27.1. The fourth-order valence-electron chi connectivity index (χ4n) is 3.57. The van der Waals surface area contributed by atoms with Crippen molar-refractivity contribution >= 4 is 23.9 Å². The van der Waals surface area contributed by atoms with Gasteiger partial charge < -0.3 is 19.7 Å². The van der Waals surface area contributed by atoms with E-state index in [-0.39, 0.29) is 11.1 Å². The summed E-state index contributed by atoms with van der Waals surface area (Å²) in [6.45, 7) is 0. The molecule has 2 N–H and O–H groups in total. The second-order valence-corrected chi connectivity index (χ2v) is 7.91. The summed E-state index contributed by atoms with van der Waals surface area (Å²) in [6.07, 6.45) is 3.04. The van der Waals surface area contributed by atoms with Crippen molar-refractivity contribution in [2.75, 3.05) is 0 Å². The molecule has 1 saturated carbocycles. The van der Waals surface area contributed by atoms with Crippen LogP contribution >= 0.6 is 0 Å². The summed E-state index contributed by atoms with van der Waals surface area (Å²) in [5.74, 6) is -4.74. The zero-order chi connectivity index (χ0) is 25.6. The van der Waals surface area contributed by atoms with Crippen molar-refractivity contribution in [1.29, 1.82) is 5.26 Å². The first-order chi connectivity index (χ1) is 16.8. The van der Waals surface area contributed by atoms with Crippen LogP contribution in [-0.2, 0) is 19.1 Å². The van der Waals surface area contributed by atoms with Gasteiger partial charge in [0.15, 0.2) is 0 Å². The third-order valence-electron chi connectivity index (χ3n) is 5.39. The third-order valence-corrected chi connectivity index (χ3v) is 5.39. The quantitative estimate of drug-likeness (QED) is 0.505. The van der Waals surface area contributed by atoms with Gasteiger partial charge in [0.25, 0.3) is 0 Å². The molecular formula is C26H27NO8. The van der Waals surface area contributed by atoms with Crippen molar-refractivity contribution in [3.8, 4) is 6.07 Å². The maximum atomic E-state index is 12.0. The lowest BCUT2D eigenvalue weighted by Crippen LogP contribution is -2.45. The molecule has 2 aromatic rings. The van der Waals surface area contributed by atoms with Gasteiger partial charge in [-0.3, -0.25) is 0 Å². The molecule has 0 radical (unpaired) electrons. The Balaban J connectivity index is 0.000000402. The summed E-state index contributed by atoms with van der Waals surface area (Å²) in [7, 11) is 0. The Kier molecular flexibility index (Phi) is 10.9. The van der Waals surface area contributed by atoms with E-state index >= 15 is 0 Å². The second-order valence-electron chi connectivity index (χ2n) is 7.91. The number of carbonyl (C=O) groups is 4. The Morgan fingerprint density at radius 2 is 1.20 bits per heavy atom. The predicted molar refractivity (Wildman–Crippen MR) is 123 cm³/mol. The number of hydrogen-bond donors (Lipinski definition) is 2. The van der Waals surface area contributed by atoms with Crippen LogP contribution in [0.4, 0.5) is 0 Å². The Labute approximate surface area is 202 Å². The van der Waals surface area contributed by atoms with Crippen molar-refractivity contribution in [3.05, 3.63) is 71.8 Å². The molecule has 35 heavy (non-hydrogen) atoms. The monoisotopic (exact) mass is 481 g/mol. The molecule has 184 valence electrons. The molecule has 9 heteroatoms. The molecule has 1 aliphatic carbocycles. The molecule has 0 saturated heterocycles. The van der Waals surface area contributed by atoms with E-state index in [4.69, 9.17) is 14.7 Å². The van der Waals surface area contributed by atoms with Crippen molar-refractivity contribution < 1.29 is 38.9 Å². The minimum Gasteiger partial charge on any atom is -0.478 e. The first-order valence-corrected chi connectivity index (χ1v) is 11.2. The van der Waals surface area contributed by atoms with Crippen molar-refractivity contribution in [2.24, 2.45) is 5.92 Å². The normalized spacial score (nSPS) is 14.4. The largest absolute Gasteiger partial charge is 0.478 e. The number of aliphatic carboxylic acids is 2. The molecule has 3 rings (SSSR count). The van der Waals surface area contributed by atoms with E-state index in [1.165, 1.54) is 74.2 Å². The van der Waals surface area contributed by atoms with Crippen LogP contribution in [0, 0.1) is 17.2 Å². The zero-order valence-electron chi connectivity index (χ0n) is 19.0. The minimum atomic E-state index is -2.21. The van der Waals surface area contributed by atoms with E-state index in [1.54, 1.807) is 12.1 Å². The van der Waals surface area contributed by atoms with Crippen LogP contribution in [0.1, 0.15) is 59.2 Å². The Bertz CT molecular complexity index is 957. The molecule has 2 atom stereocenters. The molecule has 0 amide bonds. The lowest BCUT2D eigenvalue weighted by atomic mass is 10.0. The molecule has 0 bridgehead atoms. The molecular weight excluding hydrogens is 454 g/mol. The smallest absolute Gasteiger partial charge is 0.349 e. The highest BCUT2D eigenvalue weighted by Gasteiger charge is 2.41. The molecule has 9 nitrogen and oxygen atoms in total. The van der Waals surface area contributed by atoms with Gasteiger partial charge in [-0.15, -0.1) is 0 Å². The van der Waals surface area contributed by atoms with E-state index in [2.05, 4.69) is 6.07 Å². The average molecular weight is 482 g/mol. The van der Waals surface area contributed by atoms with Gasteiger partial charge in [-0.05, 0) is 36.6 Å². The van der Waals surface area contributed by atoms with Gasteiger partial charge in [0, 0.05) is 6.42 Å². The fourth-order valence-corrected chi connectivity index (χ4v) is 3.57. The average Bonchev–Trinajstić information content (AvgIpc) is 3.39. The van der Waals surface area contributed by atoms with Gasteiger partial charge >= 0.3 is 23.9 Å². The van der Waals surface area contributed by atoms with Crippen LogP contribution < -0.4 is 0 Å². The van der Waals surface area contributed by atoms with E-state index in [9.17, 15) is 29.4 Å². The molecule has 0 aliphatic heterocycles. The highest BCUT2D eigenvalue weighted by molar-refractivity contribution is 5.95. The number of benzene rings is 2. The SMILES string of the molecule is N#CCCC1CCCC1.O=C(O[C@H](C(=O)O)[C@H](OC(=O)c1ccccc1)C(=O)O)c1ccccc1. The standard InChI is InChI=1S/C18H14O8.C8H13N/c19-15(20)13(25-17(23)11-7-3-1-4-8-11)14(16(21)22)26-18(24)12-9-5-2-6-10-12;9-7-3-6-8-4-1-2-5-8/h1-10,13-14H,(H,19,20)(H,21,22);8H,1-6H2/t13-,14-;/m0./s1. The maximum Gasteiger partial charge on any atom is 0.349 e. The molecule has 0 spiro atoms. The Morgan fingerprint density at radius 3 is 1.54 bits per heavy atom. The number of carbonyl (C=O) groups excluding carboxylic acids is 2. The number of ether oxygens (including phenoxy) is 2. The zero-order valence-corrected chi connectivity index (χ0v) is 19.0. The summed E-state index contributed by atoms with van der Waals surface area (Å²) in [6, 6.07) is 17.0. The predicted octanol–water partition coefficient (Wildman–Crippen LogP) is 4.09. The number of nitrogens with zero attached hydrogens (tertiary/aromatic N) is 1. The van der Waals surface area contributed by atoms with Crippen LogP contribution in [0.2, 0.25) is 0 Å². The highest BCUT2D eigenvalue weighted by atomic mass is 16.6. The van der Waals surface area contributed by atoms with Crippen LogP contribution in [-0.4, -0.2) is 46.3 Å². The van der Waals surface area contributed by atoms with Gasteiger partial charge in [0.2, 0.25) is 12.2 Å². The van der Waals surface area contributed by atoms with E-state index in [1.807, 2.05) is 0 Å². The number of carboxylic acid groups (broad SMARTS) is 2. The summed E-state index contributed by atoms with van der Waals surface area (Å²) < 4.78 is 9.52. The lowest BCUT2D eigenvalue weighted by molar-refractivity contribution is -0.166. The van der Waals surface area contributed by atoms with Gasteiger partial charge in [0.1, 0.15) is 0 Å². The molecule has 0 unspecified atom stereocenters. The van der Waals surface area contributed by atoms with E-state index < -0.39 is 36.1 Å². The van der Waals surface area contributed by atoms with Crippen molar-refractivity contribution in [2.45, 2.75) is 50.7 Å². The first-order valence-electron chi connectivity index (χ1n) is 11.2. The van der Waals surface area contributed by atoms with Crippen LogP contribution in [0.25, 0.3) is 0 Å². The maximum absolute atomic E-state index is 12.0. The van der Waals surface area contributed by atoms with Crippen molar-refractivity contribution in [1.82, 2.24) is 0 Å².